The van der Waals surface area contributed by atoms with Gasteiger partial charge < -0.3 is 19.2 Å². The van der Waals surface area contributed by atoms with E-state index in [4.69, 9.17) is 13.9 Å². The van der Waals surface area contributed by atoms with Crippen LogP contribution in [0.1, 0.15) is 43.0 Å². The van der Waals surface area contributed by atoms with E-state index in [1.165, 1.54) is 5.56 Å². The second-order valence-corrected chi connectivity index (χ2v) is 8.16. The van der Waals surface area contributed by atoms with Gasteiger partial charge in [-0.3, -0.25) is 4.90 Å². The van der Waals surface area contributed by atoms with Gasteiger partial charge in [0.05, 0.1) is 19.4 Å². The maximum absolute atomic E-state index is 6.62. The van der Waals surface area contributed by atoms with Crippen molar-refractivity contribution < 1.29 is 13.9 Å². The molecule has 1 spiro atoms. The van der Waals surface area contributed by atoms with Crippen LogP contribution in [0.4, 0.5) is 0 Å². The first kappa shape index (κ1) is 17.3. The number of nitrogens with zero attached hydrogens (tertiary/aromatic N) is 1. The maximum Gasteiger partial charge on any atom is 0.124 e. The summed E-state index contributed by atoms with van der Waals surface area (Å²) in [6.07, 6.45) is 6.01. The van der Waals surface area contributed by atoms with Gasteiger partial charge in [0, 0.05) is 43.8 Å². The number of hydrogen-bond acceptors (Lipinski definition) is 5. The molecule has 2 saturated heterocycles. The number of para-hydroxylation sites is 1. The highest BCUT2D eigenvalue weighted by Crippen LogP contribution is 2.44. The number of hydrogen-bond donors (Lipinski definition) is 1. The Kier molecular flexibility index (Phi) is 4.68. The van der Waals surface area contributed by atoms with Crippen LogP contribution in [0.25, 0.3) is 0 Å². The second kappa shape index (κ2) is 7.30. The Bertz CT molecular complexity index is 747. The lowest BCUT2D eigenvalue weighted by Gasteiger charge is -2.47. The van der Waals surface area contributed by atoms with Gasteiger partial charge in [0.1, 0.15) is 17.1 Å². The summed E-state index contributed by atoms with van der Waals surface area (Å²) in [7, 11) is 0. The minimum Gasteiger partial charge on any atom is -0.487 e. The number of piperidine rings is 1. The summed E-state index contributed by atoms with van der Waals surface area (Å²) in [5, 5.41) is 3.86. The molecule has 5 rings (SSSR count). The number of benzene rings is 1. The molecule has 0 radical (unpaired) electrons. The van der Waals surface area contributed by atoms with Gasteiger partial charge in [0.15, 0.2) is 0 Å². The molecule has 5 heteroatoms. The molecule has 1 aromatic heterocycles. The van der Waals surface area contributed by atoms with Gasteiger partial charge in [0.25, 0.3) is 0 Å². The first-order valence-electron chi connectivity index (χ1n) is 10.2. The zero-order chi connectivity index (χ0) is 18.1. The summed E-state index contributed by atoms with van der Waals surface area (Å²) in [6.45, 7) is 4.67. The number of rotatable bonds is 4. The highest BCUT2D eigenvalue weighted by atomic mass is 16.5. The molecular weight excluding hydrogens is 340 g/mol. The average Bonchev–Trinajstić information content (AvgIpc) is 3.38. The van der Waals surface area contributed by atoms with Crippen LogP contribution in [0.2, 0.25) is 0 Å². The van der Waals surface area contributed by atoms with E-state index in [-0.39, 0.29) is 5.60 Å². The van der Waals surface area contributed by atoms with Crippen LogP contribution >= 0.6 is 0 Å². The van der Waals surface area contributed by atoms with E-state index in [9.17, 15) is 0 Å². The Hall–Kier alpha value is -1.82. The van der Waals surface area contributed by atoms with Crippen LogP contribution in [0.15, 0.2) is 47.1 Å². The maximum atomic E-state index is 6.62. The summed E-state index contributed by atoms with van der Waals surface area (Å²) < 4.78 is 17.7. The van der Waals surface area contributed by atoms with Crippen LogP contribution in [0.3, 0.4) is 0 Å². The number of furan rings is 1. The SMILES string of the molecule is c1coc(CN2CCC3(CC2)C[C@H](N[C@@H]2CCOC2)c2ccccc2O3)c1. The molecule has 0 bridgehead atoms. The molecular formula is C22H28N2O3. The molecule has 2 fully saturated rings. The standard InChI is InChI=1S/C22H28N2O3/c1-2-6-21-19(5-1)20(23-17-7-13-25-16-17)14-22(27-21)8-10-24(11-9-22)15-18-4-3-12-26-18/h1-6,12,17,20,23H,7-11,13-16H2/t17-,20+/m1/s1. The van der Waals surface area contributed by atoms with E-state index in [2.05, 4.69) is 40.5 Å². The fraction of sp³-hybridized carbons (Fsp3) is 0.545. The predicted octanol–water partition coefficient (Wildman–Crippen LogP) is 3.52. The molecule has 1 N–H and O–H groups in total. The van der Waals surface area contributed by atoms with E-state index >= 15 is 0 Å². The first-order valence-corrected chi connectivity index (χ1v) is 10.2. The monoisotopic (exact) mass is 368 g/mol. The van der Waals surface area contributed by atoms with Crippen molar-refractivity contribution in [3.05, 3.63) is 54.0 Å². The lowest BCUT2D eigenvalue weighted by molar-refractivity contribution is -0.0292. The Morgan fingerprint density at radius 1 is 1.11 bits per heavy atom. The van der Waals surface area contributed by atoms with Gasteiger partial charge >= 0.3 is 0 Å². The molecule has 0 amide bonds. The summed E-state index contributed by atoms with van der Waals surface area (Å²) in [4.78, 5) is 2.47. The van der Waals surface area contributed by atoms with Crippen molar-refractivity contribution in [3.63, 3.8) is 0 Å². The van der Waals surface area contributed by atoms with Crippen molar-refractivity contribution in [1.82, 2.24) is 10.2 Å². The highest BCUT2D eigenvalue weighted by molar-refractivity contribution is 5.39. The van der Waals surface area contributed by atoms with Crippen LogP contribution in [0, 0.1) is 0 Å². The van der Waals surface area contributed by atoms with Crippen LogP contribution in [0.5, 0.6) is 5.75 Å². The average molecular weight is 368 g/mol. The largest absolute Gasteiger partial charge is 0.487 e. The van der Waals surface area contributed by atoms with Crippen molar-refractivity contribution in [2.24, 2.45) is 0 Å². The van der Waals surface area contributed by atoms with Crippen molar-refractivity contribution in [2.45, 2.75) is 49.9 Å². The summed E-state index contributed by atoms with van der Waals surface area (Å²) in [5.74, 6) is 2.10. The zero-order valence-corrected chi connectivity index (χ0v) is 15.7. The summed E-state index contributed by atoms with van der Waals surface area (Å²) in [5.41, 5.74) is 1.23. The van der Waals surface area contributed by atoms with Gasteiger partial charge in [-0.25, -0.2) is 0 Å². The van der Waals surface area contributed by atoms with Gasteiger partial charge in [-0.15, -0.1) is 0 Å². The topological polar surface area (TPSA) is 46.9 Å². The molecule has 0 aliphatic carbocycles. The first-order chi connectivity index (χ1) is 13.3. The van der Waals surface area contributed by atoms with E-state index in [0.29, 0.717) is 12.1 Å². The third kappa shape index (κ3) is 3.64. The fourth-order valence-corrected chi connectivity index (χ4v) is 4.77. The lowest BCUT2D eigenvalue weighted by atomic mass is 9.80. The van der Waals surface area contributed by atoms with Gasteiger partial charge in [0.2, 0.25) is 0 Å². The normalized spacial score (nSPS) is 27.4. The predicted molar refractivity (Wildman–Crippen MR) is 103 cm³/mol. The molecule has 144 valence electrons. The zero-order valence-electron chi connectivity index (χ0n) is 15.7. The summed E-state index contributed by atoms with van der Waals surface area (Å²) >= 11 is 0. The van der Waals surface area contributed by atoms with Gasteiger partial charge in [-0.2, -0.15) is 0 Å². The van der Waals surface area contributed by atoms with E-state index in [1.807, 2.05) is 6.07 Å². The number of fused-ring (bicyclic) bond motifs is 1. The molecule has 3 aliphatic rings. The Labute approximate surface area is 160 Å². The third-order valence-corrected chi connectivity index (χ3v) is 6.29. The van der Waals surface area contributed by atoms with Crippen molar-refractivity contribution in [3.8, 4) is 5.75 Å². The Balaban J connectivity index is 1.30. The quantitative estimate of drug-likeness (QED) is 0.895. The number of nitrogens with one attached hydrogen (secondary N) is 1. The van der Waals surface area contributed by atoms with Crippen LogP contribution in [-0.4, -0.2) is 42.8 Å². The second-order valence-electron chi connectivity index (χ2n) is 8.16. The van der Waals surface area contributed by atoms with E-state index in [1.54, 1.807) is 6.26 Å². The smallest absolute Gasteiger partial charge is 0.124 e. The van der Waals surface area contributed by atoms with E-state index < -0.39 is 0 Å². The Morgan fingerprint density at radius 3 is 2.78 bits per heavy atom. The van der Waals surface area contributed by atoms with Crippen molar-refractivity contribution in [1.29, 1.82) is 0 Å². The third-order valence-electron chi connectivity index (χ3n) is 6.29. The molecule has 27 heavy (non-hydrogen) atoms. The number of likely N-dealkylation sites (tertiary alicyclic amines) is 1. The van der Waals surface area contributed by atoms with E-state index in [0.717, 1.165) is 70.0 Å². The molecule has 0 unspecified atom stereocenters. The minimum absolute atomic E-state index is 0.0643. The van der Waals surface area contributed by atoms with Gasteiger partial charge in [-0.1, -0.05) is 18.2 Å². The molecule has 4 heterocycles. The molecule has 3 aliphatic heterocycles. The summed E-state index contributed by atoms with van der Waals surface area (Å²) in [6, 6.07) is 13.4. The Morgan fingerprint density at radius 2 is 2.00 bits per heavy atom. The van der Waals surface area contributed by atoms with Crippen molar-refractivity contribution >= 4 is 0 Å². The highest BCUT2D eigenvalue weighted by Gasteiger charge is 2.43. The number of ether oxygens (including phenoxy) is 2. The molecule has 5 nitrogen and oxygen atoms in total. The van der Waals surface area contributed by atoms with Gasteiger partial charge in [-0.05, 0) is 37.5 Å². The lowest BCUT2D eigenvalue weighted by Crippen LogP contribution is -2.52. The fourth-order valence-electron chi connectivity index (χ4n) is 4.77. The molecule has 2 atom stereocenters. The molecule has 0 saturated carbocycles. The molecule has 2 aromatic rings. The van der Waals surface area contributed by atoms with Crippen molar-refractivity contribution in [2.75, 3.05) is 26.3 Å². The van der Waals surface area contributed by atoms with Crippen LogP contribution in [-0.2, 0) is 11.3 Å². The minimum atomic E-state index is -0.0643. The van der Waals surface area contributed by atoms with Crippen LogP contribution < -0.4 is 10.1 Å². The molecule has 1 aromatic carbocycles.